The van der Waals surface area contributed by atoms with Gasteiger partial charge in [-0.25, -0.2) is 9.59 Å². The van der Waals surface area contributed by atoms with E-state index in [-0.39, 0.29) is 51.7 Å². The van der Waals surface area contributed by atoms with Crippen molar-refractivity contribution in [1.29, 1.82) is 0 Å². The van der Waals surface area contributed by atoms with Gasteiger partial charge in [-0.2, -0.15) is 0 Å². The average Bonchev–Trinajstić information content (AvgIpc) is 3.35. The predicted octanol–water partition coefficient (Wildman–Crippen LogP) is 5.20. The molecule has 15 nitrogen and oxygen atoms in total. The van der Waals surface area contributed by atoms with Crippen molar-refractivity contribution in [1.82, 2.24) is 0 Å². The second-order valence-corrected chi connectivity index (χ2v) is 17.7. The number of aliphatic hydroxyl groups excluding tert-OH is 4. The van der Waals surface area contributed by atoms with Gasteiger partial charge in [-0.05, 0) is 63.7 Å². The maximum Gasteiger partial charge on any atom is 0.331 e. The molecule has 0 aliphatic carbocycles. The molecule has 0 fully saturated rings. The van der Waals surface area contributed by atoms with Crippen molar-refractivity contribution in [3.8, 4) is 28.7 Å². The van der Waals surface area contributed by atoms with E-state index in [4.69, 9.17) is 33.2 Å². The van der Waals surface area contributed by atoms with Gasteiger partial charge in [0.05, 0.1) is 121 Å². The molecular weight excluding hydrogens is 861 g/mol. The third-order valence-corrected chi connectivity index (χ3v) is 13.8. The van der Waals surface area contributed by atoms with Crippen LogP contribution in [0.15, 0.2) is 66.7 Å². The van der Waals surface area contributed by atoms with Gasteiger partial charge in [0, 0.05) is 60.9 Å². The number of rotatable bonds is 22. The summed E-state index contributed by atoms with van der Waals surface area (Å²) in [6, 6.07) is 17.5. The Morgan fingerprint density at radius 1 is 0.612 bits per heavy atom. The van der Waals surface area contributed by atoms with E-state index in [1.165, 1.54) is 5.56 Å². The van der Waals surface area contributed by atoms with Gasteiger partial charge in [-0.1, -0.05) is 24.3 Å². The second kappa shape index (κ2) is 22.9. The van der Waals surface area contributed by atoms with Crippen LogP contribution in [0.5, 0.6) is 28.7 Å². The Balaban J connectivity index is 1.07. The summed E-state index contributed by atoms with van der Waals surface area (Å²) in [6.07, 6.45) is 5.35. The van der Waals surface area contributed by atoms with Crippen LogP contribution in [0.4, 0.5) is 0 Å². The molecule has 0 amide bonds. The Labute approximate surface area is 393 Å². The molecule has 15 heteroatoms. The molecule has 2 aliphatic rings. The zero-order chi connectivity index (χ0) is 48.3. The molecule has 362 valence electrons. The SMILES string of the molecule is COc1ccc(C2c3cc(OC)c(OC)cc3CC[N+]2(C)CCCOC(=O)/C=C/C(=O)OCCC[N+]2(C)CCc3cc(CO)c(CO)c(OC)c3C2Cc2ccc(CO)c(CO)c2)cc1OC. The lowest BCUT2D eigenvalue weighted by Crippen LogP contribution is -2.53. The number of methoxy groups -OCH3 is 5. The number of quaternary nitrogens is 2. The number of likely N-dealkylation sites (N-methyl/N-ethyl adjacent to an activating group) is 2. The minimum atomic E-state index is -0.652. The lowest BCUT2D eigenvalue weighted by molar-refractivity contribution is -0.941. The standard InChI is InChI=1S/C52H68N2O13/c1-53(20-17-36-26-40(32-57)42(33-58)52(65-7)50(36)43(53)25-34-10-11-38(30-55)39(24-34)31-56)18-8-22-66-48(59)14-15-49(60)67-23-9-19-54(2)21-16-35-27-46(63-5)47(64-6)29-41(35)51(54)37-12-13-44(61-3)45(28-37)62-4/h10-15,24,26-29,43,51,55-58H,8-9,16-23,25,30-33H2,1-7H3/q+2/b15-14+. The monoisotopic (exact) mass is 928 g/mol. The van der Waals surface area contributed by atoms with Crippen LogP contribution in [0.25, 0.3) is 0 Å². The Bertz CT molecular complexity index is 2400. The first-order valence-corrected chi connectivity index (χ1v) is 22.8. The highest BCUT2D eigenvalue weighted by molar-refractivity contribution is 5.91. The van der Waals surface area contributed by atoms with Crippen molar-refractivity contribution in [3.63, 3.8) is 0 Å². The van der Waals surface area contributed by atoms with Crippen molar-refractivity contribution in [3.05, 3.63) is 122 Å². The number of hydrogen-bond acceptors (Lipinski definition) is 13. The van der Waals surface area contributed by atoms with Crippen LogP contribution >= 0.6 is 0 Å². The first-order chi connectivity index (χ1) is 32.3. The van der Waals surface area contributed by atoms with E-state index in [2.05, 4.69) is 26.2 Å². The topological polar surface area (TPSA) is 180 Å². The molecule has 4 atom stereocenters. The highest BCUT2D eigenvalue weighted by Crippen LogP contribution is 2.47. The molecule has 2 aliphatic heterocycles. The predicted molar refractivity (Wildman–Crippen MR) is 250 cm³/mol. The molecule has 4 unspecified atom stereocenters. The molecule has 2 heterocycles. The molecule has 0 spiro atoms. The summed E-state index contributed by atoms with van der Waals surface area (Å²) in [5.74, 6) is 1.84. The Morgan fingerprint density at radius 3 is 1.79 bits per heavy atom. The number of hydrogen-bond donors (Lipinski definition) is 4. The van der Waals surface area contributed by atoms with Gasteiger partial charge in [-0.3, -0.25) is 0 Å². The number of carbonyl (C=O) groups excluding carboxylic acids is 2. The third kappa shape index (κ3) is 11.2. The number of esters is 2. The number of aliphatic hydroxyl groups is 4. The van der Waals surface area contributed by atoms with E-state index in [0.717, 1.165) is 59.5 Å². The maximum absolute atomic E-state index is 12.8. The number of carbonyl (C=O) groups is 2. The van der Waals surface area contributed by atoms with Crippen LogP contribution in [-0.2, 0) is 64.8 Å². The van der Waals surface area contributed by atoms with E-state index in [1.807, 2.05) is 42.5 Å². The van der Waals surface area contributed by atoms with Gasteiger partial charge in [0.1, 0.15) is 17.8 Å². The normalized spacial score (nSPS) is 19.9. The second-order valence-electron chi connectivity index (χ2n) is 17.7. The summed E-state index contributed by atoms with van der Waals surface area (Å²) < 4.78 is 40.9. The minimum absolute atomic E-state index is 0.0955. The molecule has 0 saturated carbocycles. The van der Waals surface area contributed by atoms with Gasteiger partial charge in [-0.15, -0.1) is 0 Å². The molecule has 0 saturated heterocycles. The fourth-order valence-electron chi connectivity index (χ4n) is 10.2. The number of ether oxygens (including phenoxy) is 7. The van der Waals surface area contributed by atoms with E-state index in [9.17, 15) is 30.0 Å². The van der Waals surface area contributed by atoms with E-state index < -0.39 is 11.9 Å². The van der Waals surface area contributed by atoms with Crippen LogP contribution in [-0.4, -0.2) is 130 Å². The van der Waals surface area contributed by atoms with Gasteiger partial charge in [0.15, 0.2) is 23.0 Å². The molecule has 6 rings (SSSR count). The number of nitrogens with zero attached hydrogens (tertiary/aromatic N) is 2. The molecular formula is C52H68N2O13+2. The van der Waals surface area contributed by atoms with Crippen LogP contribution in [0.2, 0.25) is 0 Å². The summed E-state index contributed by atoms with van der Waals surface area (Å²) in [7, 11) is 12.4. The van der Waals surface area contributed by atoms with E-state index >= 15 is 0 Å². The first kappa shape index (κ1) is 50.7. The van der Waals surface area contributed by atoms with E-state index in [1.54, 1.807) is 35.5 Å². The number of benzene rings is 4. The lowest BCUT2D eigenvalue weighted by Gasteiger charge is -2.46. The van der Waals surface area contributed by atoms with Gasteiger partial charge in [0.25, 0.3) is 0 Å². The highest BCUT2D eigenvalue weighted by atomic mass is 16.5. The van der Waals surface area contributed by atoms with Crippen molar-refractivity contribution in [2.75, 3.05) is 89.0 Å². The average molecular weight is 929 g/mol. The molecule has 0 aromatic heterocycles. The van der Waals surface area contributed by atoms with Crippen LogP contribution < -0.4 is 23.7 Å². The first-order valence-electron chi connectivity index (χ1n) is 22.8. The molecule has 4 aromatic rings. The molecule has 0 bridgehead atoms. The molecule has 67 heavy (non-hydrogen) atoms. The minimum Gasteiger partial charge on any atom is -0.496 e. The van der Waals surface area contributed by atoms with E-state index in [0.29, 0.717) is 98.7 Å². The quantitative estimate of drug-likeness (QED) is 0.0350. The zero-order valence-corrected chi connectivity index (χ0v) is 40.0. The smallest absolute Gasteiger partial charge is 0.331 e. The third-order valence-electron chi connectivity index (χ3n) is 13.8. The largest absolute Gasteiger partial charge is 0.496 e. The lowest BCUT2D eigenvalue weighted by atomic mass is 9.82. The Morgan fingerprint density at radius 2 is 1.19 bits per heavy atom. The summed E-state index contributed by atoms with van der Waals surface area (Å²) in [5.41, 5.74) is 8.74. The van der Waals surface area contributed by atoms with Crippen molar-refractivity contribution in [2.24, 2.45) is 0 Å². The fourth-order valence-corrected chi connectivity index (χ4v) is 10.2. The fraction of sp³-hybridized carbons (Fsp3) is 0.462. The maximum atomic E-state index is 12.8. The van der Waals surface area contributed by atoms with Crippen LogP contribution in [0.3, 0.4) is 0 Å². The zero-order valence-electron chi connectivity index (χ0n) is 40.0. The summed E-state index contributed by atoms with van der Waals surface area (Å²) >= 11 is 0. The van der Waals surface area contributed by atoms with Gasteiger partial charge < -0.3 is 62.6 Å². The molecule has 4 N–H and O–H groups in total. The highest BCUT2D eigenvalue weighted by Gasteiger charge is 2.43. The van der Waals surface area contributed by atoms with Crippen LogP contribution in [0, 0.1) is 0 Å². The summed E-state index contributed by atoms with van der Waals surface area (Å²) in [5, 5.41) is 40.4. The Kier molecular flexibility index (Phi) is 17.3. The molecule has 0 radical (unpaired) electrons. The molecule has 4 aromatic carbocycles. The summed E-state index contributed by atoms with van der Waals surface area (Å²) in [6.45, 7) is 2.23. The van der Waals surface area contributed by atoms with Gasteiger partial charge >= 0.3 is 11.9 Å². The van der Waals surface area contributed by atoms with Crippen molar-refractivity contribution in [2.45, 2.75) is 70.6 Å². The van der Waals surface area contributed by atoms with Crippen molar-refractivity contribution >= 4 is 11.9 Å². The summed E-state index contributed by atoms with van der Waals surface area (Å²) in [4.78, 5) is 25.7. The number of fused-ring (bicyclic) bond motifs is 2. The van der Waals surface area contributed by atoms with Crippen LogP contribution in [0.1, 0.15) is 80.6 Å². The van der Waals surface area contributed by atoms with Gasteiger partial charge in [0.2, 0.25) is 0 Å². The van der Waals surface area contributed by atoms with Crippen molar-refractivity contribution < 1.29 is 72.1 Å². The Hall–Kier alpha value is -5.68.